The van der Waals surface area contributed by atoms with E-state index in [1.165, 1.54) is 12.8 Å². The lowest BCUT2D eigenvalue weighted by atomic mass is 10.1. The number of nitrogens with zero attached hydrogens (tertiary/aromatic N) is 2. The number of likely N-dealkylation sites (tertiary alicyclic amines) is 1. The lowest BCUT2D eigenvalue weighted by Gasteiger charge is -2.24. The van der Waals surface area contributed by atoms with E-state index in [-0.39, 0.29) is 5.91 Å². The van der Waals surface area contributed by atoms with Crippen LogP contribution in [0.1, 0.15) is 36.0 Å². The fourth-order valence-corrected chi connectivity index (χ4v) is 4.35. The van der Waals surface area contributed by atoms with Crippen molar-refractivity contribution in [3.05, 3.63) is 48.0 Å². The van der Waals surface area contributed by atoms with Gasteiger partial charge in [0.2, 0.25) is 0 Å². The molecule has 0 saturated carbocycles. The molecule has 0 spiro atoms. The smallest absolute Gasteiger partial charge is 0.253 e. The highest BCUT2D eigenvalue weighted by Crippen LogP contribution is 2.31. The Hall–Kier alpha value is -2.80. The van der Waals surface area contributed by atoms with E-state index in [0.717, 1.165) is 61.8 Å². The molecule has 0 atom stereocenters. The molecule has 2 aromatic carbocycles. The van der Waals surface area contributed by atoms with Gasteiger partial charge in [-0.3, -0.25) is 4.79 Å². The largest absolute Gasteiger partial charge is 0.495 e. The van der Waals surface area contributed by atoms with Crippen molar-refractivity contribution >= 4 is 40.3 Å². The fourth-order valence-electron chi connectivity index (χ4n) is 4.13. The maximum atomic E-state index is 12.9. The van der Waals surface area contributed by atoms with Gasteiger partial charge in [0, 0.05) is 31.7 Å². The summed E-state index contributed by atoms with van der Waals surface area (Å²) in [6, 6.07) is 13.6. The topological polar surface area (TPSA) is 56.8 Å². The highest BCUT2D eigenvalue weighted by molar-refractivity contribution is 7.80. The number of methoxy groups -OCH3 is 1. The minimum absolute atomic E-state index is 0.0899. The fraction of sp³-hybridized carbons (Fsp3) is 0.391. The van der Waals surface area contributed by atoms with E-state index >= 15 is 0 Å². The number of ether oxygens (including phenoxy) is 1. The summed E-state index contributed by atoms with van der Waals surface area (Å²) in [5, 5.41) is 7.00. The second-order valence-electron chi connectivity index (χ2n) is 7.70. The molecule has 6 nitrogen and oxygen atoms in total. The Morgan fingerprint density at radius 3 is 2.33 bits per heavy atom. The summed E-state index contributed by atoms with van der Waals surface area (Å²) in [6.45, 7) is 3.70. The molecule has 0 unspecified atom stereocenters. The second kappa shape index (κ2) is 9.34. The number of amides is 1. The molecule has 2 heterocycles. The Balaban J connectivity index is 1.57. The Morgan fingerprint density at radius 2 is 1.60 bits per heavy atom. The summed E-state index contributed by atoms with van der Waals surface area (Å²) in [5.74, 6) is 0.812. The third-order valence-electron chi connectivity index (χ3n) is 5.69. The van der Waals surface area contributed by atoms with Crippen molar-refractivity contribution in [2.24, 2.45) is 0 Å². The molecular weight excluding hydrogens is 396 g/mol. The molecule has 2 aromatic rings. The molecule has 1 amide bonds. The maximum Gasteiger partial charge on any atom is 0.253 e. The first kappa shape index (κ1) is 20.5. The first-order valence-electron chi connectivity index (χ1n) is 10.5. The van der Waals surface area contributed by atoms with Gasteiger partial charge in [0.1, 0.15) is 5.75 Å². The molecule has 2 aliphatic rings. The van der Waals surface area contributed by atoms with E-state index < -0.39 is 0 Å². The van der Waals surface area contributed by atoms with Crippen molar-refractivity contribution in [3.8, 4) is 5.75 Å². The standard InChI is InChI=1S/C23H28N4O2S/c1-29-21-9-3-2-8-18(21)24-23(30)25-19-16-17(22(28)27-14-6-7-15-27)10-11-20(19)26-12-4-5-13-26/h2-3,8-11,16H,4-7,12-15H2,1H3,(H2,24,25,30). The van der Waals surface area contributed by atoms with Crippen molar-refractivity contribution < 1.29 is 9.53 Å². The van der Waals surface area contributed by atoms with Crippen molar-refractivity contribution in [2.45, 2.75) is 25.7 Å². The number of nitrogens with one attached hydrogen (secondary N) is 2. The van der Waals surface area contributed by atoms with Crippen LogP contribution in [-0.4, -0.2) is 49.2 Å². The molecule has 158 valence electrons. The summed E-state index contributed by atoms with van der Waals surface area (Å²) in [6.07, 6.45) is 4.51. The van der Waals surface area contributed by atoms with E-state index in [0.29, 0.717) is 10.7 Å². The van der Waals surface area contributed by atoms with Crippen molar-refractivity contribution in [1.82, 2.24) is 4.90 Å². The SMILES string of the molecule is COc1ccccc1NC(=S)Nc1cc(C(=O)N2CCCC2)ccc1N1CCCC1. The lowest BCUT2D eigenvalue weighted by Crippen LogP contribution is -2.28. The summed E-state index contributed by atoms with van der Waals surface area (Å²) in [7, 11) is 1.63. The number of thiocarbonyl (C=S) groups is 1. The molecule has 0 aliphatic carbocycles. The number of para-hydroxylation sites is 2. The van der Waals surface area contributed by atoms with E-state index in [9.17, 15) is 4.79 Å². The Bertz CT molecular complexity index is 921. The first-order valence-corrected chi connectivity index (χ1v) is 11.0. The molecule has 0 radical (unpaired) electrons. The number of hydrogen-bond donors (Lipinski definition) is 2. The zero-order valence-corrected chi connectivity index (χ0v) is 18.1. The van der Waals surface area contributed by atoms with Gasteiger partial charge in [-0.1, -0.05) is 12.1 Å². The van der Waals surface area contributed by atoms with Crippen LogP contribution in [0.4, 0.5) is 17.1 Å². The van der Waals surface area contributed by atoms with Gasteiger partial charge in [0.25, 0.3) is 5.91 Å². The van der Waals surface area contributed by atoms with Crippen LogP contribution in [0, 0.1) is 0 Å². The van der Waals surface area contributed by atoms with Crippen molar-refractivity contribution in [1.29, 1.82) is 0 Å². The van der Waals surface area contributed by atoms with Gasteiger partial charge in [-0.25, -0.2) is 0 Å². The van der Waals surface area contributed by atoms with Gasteiger partial charge < -0.3 is 25.2 Å². The monoisotopic (exact) mass is 424 g/mol. The average molecular weight is 425 g/mol. The van der Waals surface area contributed by atoms with Gasteiger partial charge in [-0.05, 0) is 68.2 Å². The normalized spacial score (nSPS) is 15.9. The molecule has 2 aliphatic heterocycles. The molecule has 4 rings (SSSR count). The average Bonchev–Trinajstić information content (AvgIpc) is 3.48. The quantitative estimate of drug-likeness (QED) is 0.697. The third-order valence-corrected chi connectivity index (χ3v) is 5.89. The number of hydrogen-bond acceptors (Lipinski definition) is 4. The van der Waals surface area contributed by atoms with Crippen LogP contribution in [0.3, 0.4) is 0 Å². The highest BCUT2D eigenvalue weighted by Gasteiger charge is 2.22. The van der Waals surface area contributed by atoms with Gasteiger partial charge in [-0.2, -0.15) is 0 Å². The maximum absolute atomic E-state index is 12.9. The molecule has 7 heteroatoms. The Labute approximate surface area is 183 Å². The zero-order chi connectivity index (χ0) is 20.9. The first-order chi connectivity index (χ1) is 14.7. The molecule has 0 aromatic heterocycles. The minimum Gasteiger partial charge on any atom is -0.495 e. The minimum atomic E-state index is 0.0899. The number of carbonyl (C=O) groups excluding carboxylic acids is 1. The van der Waals surface area contributed by atoms with Crippen molar-refractivity contribution in [3.63, 3.8) is 0 Å². The molecule has 0 bridgehead atoms. The lowest BCUT2D eigenvalue weighted by molar-refractivity contribution is 0.0793. The van der Waals surface area contributed by atoms with E-state index in [1.54, 1.807) is 7.11 Å². The number of rotatable bonds is 5. The molecule has 2 fully saturated rings. The van der Waals surface area contributed by atoms with Gasteiger partial charge in [-0.15, -0.1) is 0 Å². The summed E-state index contributed by atoms with van der Waals surface area (Å²) in [5.41, 5.74) is 3.43. The van der Waals surface area contributed by atoms with Gasteiger partial charge in [0.15, 0.2) is 5.11 Å². The van der Waals surface area contributed by atoms with Crippen LogP contribution in [0.5, 0.6) is 5.75 Å². The van der Waals surface area contributed by atoms with E-state index in [1.807, 2.05) is 47.4 Å². The van der Waals surface area contributed by atoms with E-state index in [2.05, 4.69) is 15.5 Å². The van der Waals surface area contributed by atoms with Crippen LogP contribution >= 0.6 is 12.2 Å². The van der Waals surface area contributed by atoms with Crippen LogP contribution in [0.25, 0.3) is 0 Å². The van der Waals surface area contributed by atoms with Crippen LogP contribution < -0.4 is 20.3 Å². The molecular formula is C23H28N4O2S. The third kappa shape index (κ3) is 4.51. The molecule has 2 saturated heterocycles. The number of benzene rings is 2. The summed E-state index contributed by atoms with van der Waals surface area (Å²) >= 11 is 5.58. The van der Waals surface area contributed by atoms with Gasteiger partial charge >= 0.3 is 0 Å². The summed E-state index contributed by atoms with van der Waals surface area (Å²) in [4.78, 5) is 17.2. The Kier molecular flexibility index (Phi) is 6.38. The highest BCUT2D eigenvalue weighted by atomic mass is 32.1. The van der Waals surface area contributed by atoms with Crippen LogP contribution in [0.15, 0.2) is 42.5 Å². The predicted octanol–water partition coefficient (Wildman–Crippen LogP) is 4.34. The van der Waals surface area contributed by atoms with E-state index in [4.69, 9.17) is 17.0 Å². The molecule has 2 N–H and O–H groups in total. The molecule has 30 heavy (non-hydrogen) atoms. The van der Waals surface area contributed by atoms with Gasteiger partial charge in [0.05, 0.1) is 24.2 Å². The Morgan fingerprint density at radius 1 is 0.933 bits per heavy atom. The second-order valence-corrected chi connectivity index (χ2v) is 8.11. The number of carbonyl (C=O) groups is 1. The van der Waals surface area contributed by atoms with Crippen LogP contribution in [-0.2, 0) is 0 Å². The predicted molar refractivity (Wildman–Crippen MR) is 126 cm³/mol. The van der Waals surface area contributed by atoms with Crippen LogP contribution in [0.2, 0.25) is 0 Å². The zero-order valence-electron chi connectivity index (χ0n) is 17.3. The van der Waals surface area contributed by atoms with Crippen molar-refractivity contribution in [2.75, 3.05) is 48.8 Å². The number of anilines is 3. The summed E-state index contributed by atoms with van der Waals surface area (Å²) < 4.78 is 5.40.